The van der Waals surface area contributed by atoms with E-state index in [0.29, 0.717) is 36.3 Å². The first-order valence-corrected chi connectivity index (χ1v) is 10.1. The number of hydrogen-bond donors (Lipinski definition) is 3. The Kier molecular flexibility index (Phi) is 8.03. The van der Waals surface area contributed by atoms with Crippen LogP contribution in [-0.4, -0.2) is 57.1 Å². The van der Waals surface area contributed by atoms with Crippen molar-refractivity contribution in [3.63, 3.8) is 0 Å². The summed E-state index contributed by atoms with van der Waals surface area (Å²) in [7, 11) is 3.17. The lowest BCUT2D eigenvalue weighted by Gasteiger charge is -2.31. The van der Waals surface area contributed by atoms with Crippen LogP contribution in [0.3, 0.4) is 0 Å². The summed E-state index contributed by atoms with van der Waals surface area (Å²) in [5, 5.41) is 3.12. The molecule has 0 spiro atoms. The molecule has 8 nitrogen and oxygen atoms in total. The van der Waals surface area contributed by atoms with Gasteiger partial charge in [0, 0.05) is 5.56 Å². The van der Waals surface area contributed by atoms with Crippen molar-refractivity contribution in [3.05, 3.63) is 17.7 Å². The Morgan fingerprint density at radius 2 is 1.85 bits per heavy atom. The summed E-state index contributed by atoms with van der Waals surface area (Å²) in [6.45, 7) is 8.45. The van der Waals surface area contributed by atoms with Gasteiger partial charge in [0.25, 0.3) is 0 Å². The van der Waals surface area contributed by atoms with E-state index in [-0.39, 0.29) is 5.91 Å². The van der Waals surface area contributed by atoms with Crippen molar-refractivity contribution in [2.24, 2.45) is 0 Å². The van der Waals surface area contributed by atoms with E-state index in [4.69, 9.17) is 14.2 Å². The van der Waals surface area contributed by atoms with Crippen molar-refractivity contribution in [1.82, 2.24) is 21.1 Å². The predicted molar refractivity (Wildman–Crippen MR) is 107 cm³/mol. The minimum Gasteiger partial charge on any atom is -0.493 e. The molecule has 1 fully saturated rings. The molecule has 0 bridgehead atoms. The summed E-state index contributed by atoms with van der Waals surface area (Å²) in [5.74, 6) is 2.24. The zero-order valence-corrected chi connectivity index (χ0v) is 17.5. The molecule has 1 aromatic carbocycles. The third kappa shape index (κ3) is 4.98. The van der Waals surface area contributed by atoms with Crippen molar-refractivity contribution in [1.29, 1.82) is 0 Å². The number of carbonyl (C=O) groups excluding carboxylic acids is 1. The number of nitrogens with zero attached hydrogens (tertiary/aromatic N) is 1. The maximum atomic E-state index is 12.7. The van der Waals surface area contributed by atoms with Crippen molar-refractivity contribution >= 4 is 17.7 Å². The molecule has 27 heavy (non-hydrogen) atoms. The summed E-state index contributed by atoms with van der Waals surface area (Å²) in [5.41, 5.74) is 7.08. The Morgan fingerprint density at radius 1 is 1.22 bits per heavy atom. The molecule has 9 heteroatoms. The number of ether oxygens (including phenoxy) is 3. The van der Waals surface area contributed by atoms with E-state index in [1.54, 1.807) is 26.0 Å². The molecular formula is C18H30N4O4S. The van der Waals surface area contributed by atoms with Gasteiger partial charge in [0.1, 0.15) is 0 Å². The van der Waals surface area contributed by atoms with Gasteiger partial charge < -0.3 is 19.5 Å². The topological polar surface area (TPSA) is 84.1 Å². The highest BCUT2D eigenvalue weighted by molar-refractivity contribution is 8.00. The number of benzene rings is 1. The molecule has 1 aromatic rings. The molecule has 1 aliphatic rings. The van der Waals surface area contributed by atoms with Crippen LogP contribution >= 0.6 is 11.8 Å². The number of hydrazine groups is 1. The third-order valence-corrected chi connectivity index (χ3v) is 5.52. The van der Waals surface area contributed by atoms with Gasteiger partial charge in [0.05, 0.1) is 33.2 Å². The average Bonchev–Trinajstić information content (AvgIpc) is 3.15. The number of likely N-dealkylation sites (N-methyl/N-ethyl adjacent to an activating group) is 1. The molecule has 0 saturated carbocycles. The van der Waals surface area contributed by atoms with Crippen molar-refractivity contribution in [3.8, 4) is 17.2 Å². The number of carbonyl (C=O) groups is 1. The minimum atomic E-state index is -0.824. The van der Waals surface area contributed by atoms with Crippen LogP contribution in [0.4, 0.5) is 0 Å². The van der Waals surface area contributed by atoms with Crippen LogP contribution in [-0.2, 0) is 9.79 Å². The van der Waals surface area contributed by atoms with E-state index in [2.05, 4.69) is 21.1 Å². The summed E-state index contributed by atoms with van der Waals surface area (Å²) >= 11 is 1.55. The van der Waals surface area contributed by atoms with Gasteiger partial charge in [-0.2, -0.15) is 0 Å². The Morgan fingerprint density at radius 3 is 2.30 bits per heavy atom. The van der Waals surface area contributed by atoms with Gasteiger partial charge in [-0.3, -0.25) is 9.69 Å². The Bertz CT molecular complexity index is 609. The summed E-state index contributed by atoms with van der Waals surface area (Å²) in [4.78, 5) is 13.9. The number of hydrogen-bond acceptors (Lipinski definition) is 8. The van der Waals surface area contributed by atoms with Crippen LogP contribution in [0.2, 0.25) is 0 Å². The summed E-state index contributed by atoms with van der Waals surface area (Å²) in [6, 6.07) is 3.72. The Labute approximate surface area is 165 Å². The van der Waals surface area contributed by atoms with Gasteiger partial charge in [0.2, 0.25) is 11.7 Å². The van der Waals surface area contributed by atoms with Gasteiger partial charge in [0.15, 0.2) is 16.5 Å². The van der Waals surface area contributed by atoms with Crippen LogP contribution in [0.25, 0.3) is 0 Å². The molecule has 152 valence electrons. The van der Waals surface area contributed by atoms with E-state index < -0.39 is 4.99 Å². The first-order valence-electron chi connectivity index (χ1n) is 9.10. The highest BCUT2D eigenvalue weighted by Gasteiger charge is 2.39. The average molecular weight is 399 g/mol. The largest absolute Gasteiger partial charge is 0.493 e. The van der Waals surface area contributed by atoms with Crippen molar-refractivity contribution < 1.29 is 19.0 Å². The van der Waals surface area contributed by atoms with Gasteiger partial charge in [-0.15, -0.1) is 0 Å². The standard InChI is InChI=1S/C18H30N4O4S/c1-6-22(7-2)11-16(23)20-18(21-19-12-27-18)13-9-14(24-4)17(26-8-3)15(10-13)25-5/h9-10,19,21H,6-8,11-12H2,1-5H3,(H,20,23). The number of amides is 1. The monoisotopic (exact) mass is 398 g/mol. The summed E-state index contributed by atoms with van der Waals surface area (Å²) in [6.07, 6.45) is 0. The number of thioether (sulfide) groups is 1. The fourth-order valence-electron chi connectivity index (χ4n) is 2.89. The van der Waals surface area contributed by atoms with Crippen LogP contribution in [0.5, 0.6) is 17.2 Å². The van der Waals surface area contributed by atoms with Gasteiger partial charge in [-0.25, -0.2) is 10.9 Å². The second-order valence-corrected chi connectivity index (χ2v) is 7.11. The Hall–Kier alpha value is -1.68. The molecule has 1 aliphatic heterocycles. The molecule has 1 unspecified atom stereocenters. The van der Waals surface area contributed by atoms with E-state index >= 15 is 0 Å². The molecule has 1 heterocycles. The summed E-state index contributed by atoms with van der Waals surface area (Å²) < 4.78 is 16.7. The third-order valence-electron chi connectivity index (χ3n) is 4.36. The van der Waals surface area contributed by atoms with Crippen molar-refractivity contribution in [2.75, 3.05) is 46.3 Å². The zero-order chi connectivity index (χ0) is 19.9. The number of rotatable bonds is 10. The molecular weight excluding hydrogens is 368 g/mol. The van der Waals surface area contributed by atoms with Gasteiger partial charge >= 0.3 is 0 Å². The SMILES string of the molecule is CCOc1c(OC)cc(C2(NC(=O)CN(CC)CC)NNCS2)cc1OC. The maximum Gasteiger partial charge on any atom is 0.236 e. The molecule has 1 atom stereocenters. The van der Waals surface area contributed by atoms with E-state index in [9.17, 15) is 4.79 Å². The van der Waals surface area contributed by atoms with E-state index in [0.717, 1.165) is 18.7 Å². The Balaban J connectivity index is 2.36. The maximum absolute atomic E-state index is 12.7. The van der Waals surface area contributed by atoms with Gasteiger partial charge in [-0.05, 0) is 32.1 Å². The lowest BCUT2D eigenvalue weighted by molar-refractivity contribution is -0.123. The van der Waals surface area contributed by atoms with Crippen LogP contribution in [0, 0.1) is 0 Å². The lowest BCUT2D eigenvalue weighted by Crippen LogP contribution is -2.55. The van der Waals surface area contributed by atoms with E-state index in [1.807, 2.05) is 32.9 Å². The minimum absolute atomic E-state index is 0.0609. The lowest BCUT2D eigenvalue weighted by atomic mass is 10.1. The van der Waals surface area contributed by atoms with Gasteiger partial charge in [-0.1, -0.05) is 25.6 Å². The zero-order valence-electron chi connectivity index (χ0n) is 16.7. The number of nitrogens with one attached hydrogen (secondary N) is 3. The molecule has 2 rings (SSSR count). The first-order chi connectivity index (χ1) is 13.0. The molecule has 0 aromatic heterocycles. The van der Waals surface area contributed by atoms with Crippen LogP contribution in [0.1, 0.15) is 26.3 Å². The molecule has 1 amide bonds. The second-order valence-electron chi connectivity index (χ2n) is 5.92. The molecule has 0 aliphatic carbocycles. The highest BCUT2D eigenvalue weighted by atomic mass is 32.2. The number of methoxy groups -OCH3 is 2. The van der Waals surface area contributed by atoms with Crippen molar-refractivity contribution in [2.45, 2.75) is 25.8 Å². The second kappa shape index (κ2) is 10.0. The molecule has 0 radical (unpaired) electrons. The quantitative estimate of drug-likeness (QED) is 0.547. The highest BCUT2D eigenvalue weighted by Crippen LogP contribution is 2.44. The fraction of sp³-hybridized carbons (Fsp3) is 0.611. The first kappa shape index (κ1) is 21.6. The predicted octanol–water partition coefficient (Wildman–Crippen LogP) is 1.47. The molecule has 3 N–H and O–H groups in total. The molecule has 1 saturated heterocycles. The fourth-order valence-corrected chi connectivity index (χ4v) is 3.87. The van der Waals surface area contributed by atoms with Crippen LogP contribution < -0.4 is 30.4 Å². The van der Waals surface area contributed by atoms with Crippen LogP contribution in [0.15, 0.2) is 12.1 Å². The smallest absolute Gasteiger partial charge is 0.236 e. The normalized spacial score (nSPS) is 19.2. The van der Waals surface area contributed by atoms with E-state index in [1.165, 1.54) is 0 Å².